The molecule has 0 aliphatic carbocycles. The van der Waals surface area contributed by atoms with Crippen molar-refractivity contribution < 1.29 is 19.2 Å². The van der Waals surface area contributed by atoms with Crippen LogP contribution in [0.25, 0.3) is 0 Å². The predicted octanol–water partition coefficient (Wildman–Crippen LogP) is -1.08. The summed E-state index contributed by atoms with van der Waals surface area (Å²) in [4.78, 5) is 25.5. The molecule has 0 aliphatic heterocycles. The second kappa shape index (κ2) is 6.59. The number of carboxylic acids is 1. The van der Waals surface area contributed by atoms with Gasteiger partial charge in [0, 0.05) is 19.4 Å². The Kier molecular flexibility index (Phi) is 5.08. The molecule has 1 unspecified atom stereocenters. The van der Waals surface area contributed by atoms with Gasteiger partial charge in [-0.3, -0.25) is 9.59 Å². The van der Waals surface area contributed by atoms with Gasteiger partial charge in [0.25, 0.3) is 0 Å². The summed E-state index contributed by atoms with van der Waals surface area (Å²) in [5.41, 5.74) is 5.50. The molecule has 17 heavy (non-hydrogen) atoms. The number of carbonyl (C=O) groups is 2. The van der Waals surface area contributed by atoms with Crippen LogP contribution in [0.4, 0.5) is 0 Å². The molecular formula is C9H14N4O4. The van der Waals surface area contributed by atoms with Crippen molar-refractivity contribution in [2.75, 3.05) is 6.54 Å². The number of aromatic nitrogens is 2. The third-order valence-corrected chi connectivity index (χ3v) is 2.06. The Labute approximate surface area is 97.2 Å². The van der Waals surface area contributed by atoms with Gasteiger partial charge in [-0.25, -0.2) is 0 Å². The molecule has 0 fully saturated rings. The molecule has 1 aromatic rings. The van der Waals surface area contributed by atoms with E-state index in [0.29, 0.717) is 18.8 Å². The van der Waals surface area contributed by atoms with Gasteiger partial charge in [0.05, 0.1) is 6.04 Å². The van der Waals surface area contributed by atoms with E-state index in [2.05, 4.69) is 20.0 Å². The smallest absolute Gasteiger partial charge is 0.303 e. The molecule has 0 saturated heterocycles. The first-order valence-electron chi connectivity index (χ1n) is 5.10. The van der Waals surface area contributed by atoms with E-state index in [-0.39, 0.29) is 18.7 Å². The Hall–Kier alpha value is -1.96. The molecule has 0 spiro atoms. The lowest BCUT2D eigenvalue weighted by Gasteiger charge is -2.10. The minimum Gasteiger partial charge on any atom is -0.481 e. The number of amides is 1. The first kappa shape index (κ1) is 13.1. The van der Waals surface area contributed by atoms with E-state index in [9.17, 15) is 9.59 Å². The van der Waals surface area contributed by atoms with Crippen LogP contribution in [-0.2, 0) is 16.0 Å². The zero-order valence-electron chi connectivity index (χ0n) is 9.13. The van der Waals surface area contributed by atoms with Gasteiger partial charge in [0.2, 0.25) is 12.3 Å². The maximum Gasteiger partial charge on any atom is 0.303 e. The number of hydrogen-bond acceptors (Lipinski definition) is 6. The van der Waals surface area contributed by atoms with Crippen LogP contribution in [0.3, 0.4) is 0 Å². The molecule has 1 atom stereocenters. The van der Waals surface area contributed by atoms with Crippen molar-refractivity contribution in [3.63, 3.8) is 0 Å². The molecule has 0 saturated carbocycles. The van der Waals surface area contributed by atoms with Crippen LogP contribution in [0.5, 0.6) is 0 Å². The fourth-order valence-electron chi connectivity index (χ4n) is 1.14. The molecule has 1 rings (SSSR count). The Morgan fingerprint density at radius 1 is 1.59 bits per heavy atom. The van der Waals surface area contributed by atoms with Crippen LogP contribution in [0.2, 0.25) is 0 Å². The number of nitrogens with two attached hydrogens (primary N) is 1. The summed E-state index contributed by atoms with van der Waals surface area (Å²) in [7, 11) is 0. The number of carboxylic acid groups (broad SMARTS) is 1. The molecule has 8 heteroatoms. The molecular weight excluding hydrogens is 228 g/mol. The Bertz CT molecular complexity index is 365. The largest absolute Gasteiger partial charge is 0.481 e. The zero-order valence-corrected chi connectivity index (χ0v) is 9.13. The van der Waals surface area contributed by atoms with Crippen molar-refractivity contribution in [2.45, 2.75) is 25.3 Å². The first-order chi connectivity index (χ1) is 8.09. The highest BCUT2D eigenvalue weighted by Gasteiger charge is 2.14. The molecule has 1 amide bonds. The van der Waals surface area contributed by atoms with Gasteiger partial charge >= 0.3 is 5.97 Å². The fourth-order valence-corrected chi connectivity index (χ4v) is 1.14. The van der Waals surface area contributed by atoms with Crippen molar-refractivity contribution in [1.29, 1.82) is 0 Å². The van der Waals surface area contributed by atoms with E-state index in [4.69, 9.17) is 10.8 Å². The standard InChI is InChI=1S/C9H14N4O4/c10-6(1-2-8(14)15)9(16)11-4-3-7-12-5-17-13-7/h5-6H,1-4,10H2,(H,11,16)(H,14,15). The number of carbonyl (C=O) groups excluding carboxylic acids is 1. The van der Waals surface area contributed by atoms with Crippen LogP contribution in [0.15, 0.2) is 10.9 Å². The average molecular weight is 242 g/mol. The number of nitrogens with one attached hydrogen (secondary N) is 1. The van der Waals surface area contributed by atoms with E-state index in [1.54, 1.807) is 0 Å². The predicted molar refractivity (Wildman–Crippen MR) is 55.9 cm³/mol. The van der Waals surface area contributed by atoms with Crippen LogP contribution < -0.4 is 11.1 Å². The molecule has 1 heterocycles. The average Bonchev–Trinajstić information content (AvgIpc) is 2.78. The van der Waals surface area contributed by atoms with Crippen molar-refractivity contribution in [1.82, 2.24) is 15.5 Å². The maximum atomic E-state index is 11.4. The van der Waals surface area contributed by atoms with E-state index in [0.717, 1.165) is 0 Å². The van der Waals surface area contributed by atoms with Gasteiger partial charge in [0.15, 0.2) is 5.82 Å². The normalized spacial score (nSPS) is 12.1. The van der Waals surface area contributed by atoms with Crippen LogP contribution in [0, 0.1) is 0 Å². The molecule has 0 aromatic carbocycles. The second-order valence-electron chi connectivity index (χ2n) is 3.43. The third kappa shape index (κ3) is 5.07. The van der Waals surface area contributed by atoms with Crippen LogP contribution in [0.1, 0.15) is 18.7 Å². The summed E-state index contributed by atoms with van der Waals surface area (Å²) < 4.78 is 4.52. The quantitative estimate of drug-likeness (QED) is 0.554. The Morgan fingerprint density at radius 3 is 2.94 bits per heavy atom. The highest BCUT2D eigenvalue weighted by Crippen LogP contribution is 1.95. The van der Waals surface area contributed by atoms with Gasteiger partial charge in [-0.15, -0.1) is 0 Å². The topological polar surface area (TPSA) is 131 Å². The monoisotopic (exact) mass is 242 g/mol. The SMILES string of the molecule is NC(CCC(=O)O)C(=O)NCCc1ncon1. The van der Waals surface area contributed by atoms with Crippen molar-refractivity contribution >= 4 is 11.9 Å². The number of hydrogen-bond donors (Lipinski definition) is 3. The molecule has 1 aromatic heterocycles. The molecule has 0 bridgehead atoms. The molecule has 8 nitrogen and oxygen atoms in total. The van der Waals surface area contributed by atoms with Crippen LogP contribution >= 0.6 is 0 Å². The molecule has 94 valence electrons. The molecule has 0 aliphatic rings. The van der Waals surface area contributed by atoms with Gasteiger partial charge in [-0.05, 0) is 6.42 Å². The first-order valence-corrected chi connectivity index (χ1v) is 5.10. The zero-order chi connectivity index (χ0) is 12.7. The van der Waals surface area contributed by atoms with Crippen molar-refractivity contribution in [3.8, 4) is 0 Å². The van der Waals surface area contributed by atoms with Crippen LogP contribution in [-0.4, -0.2) is 39.7 Å². The summed E-state index contributed by atoms with van der Waals surface area (Å²) in [5.74, 6) is -0.862. The highest BCUT2D eigenvalue weighted by molar-refractivity contribution is 5.82. The van der Waals surface area contributed by atoms with E-state index in [1.165, 1.54) is 6.39 Å². The minimum atomic E-state index is -0.972. The van der Waals surface area contributed by atoms with Gasteiger partial charge < -0.3 is 20.7 Å². The van der Waals surface area contributed by atoms with E-state index >= 15 is 0 Å². The van der Waals surface area contributed by atoms with Crippen molar-refractivity contribution in [2.24, 2.45) is 5.73 Å². The fraction of sp³-hybridized carbons (Fsp3) is 0.556. The summed E-state index contributed by atoms with van der Waals surface area (Å²) in [6.45, 7) is 0.332. The third-order valence-electron chi connectivity index (χ3n) is 2.06. The molecule has 0 radical (unpaired) electrons. The second-order valence-corrected chi connectivity index (χ2v) is 3.43. The summed E-state index contributed by atoms with van der Waals surface area (Å²) in [6, 6.07) is -0.809. The summed E-state index contributed by atoms with van der Waals surface area (Å²) in [5, 5.41) is 14.6. The minimum absolute atomic E-state index is 0.114. The van der Waals surface area contributed by atoms with E-state index in [1.807, 2.05) is 0 Å². The summed E-state index contributed by atoms with van der Waals surface area (Å²) in [6.07, 6.45) is 1.63. The highest BCUT2D eigenvalue weighted by atomic mass is 16.5. The van der Waals surface area contributed by atoms with Crippen molar-refractivity contribution in [3.05, 3.63) is 12.2 Å². The lowest BCUT2D eigenvalue weighted by Crippen LogP contribution is -2.41. The number of rotatable bonds is 7. The summed E-state index contributed by atoms with van der Waals surface area (Å²) >= 11 is 0. The lowest BCUT2D eigenvalue weighted by molar-refractivity contribution is -0.137. The lowest BCUT2D eigenvalue weighted by atomic mass is 10.1. The van der Waals surface area contributed by atoms with E-state index < -0.39 is 12.0 Å². The maximum absolute atomic E-state index is 11.4. The van der Waals surface area contributed by atoms with Gasteiger partial charge in [0.1, 0.15) is 0 Å². The van der Waals surface area contributed by atoms with Gasteiger partial charge in [-0.1, -0.05) is 5.16 Å². The number of nitrogens with zero attached hydrogens (tertiary/aromatic N) is 2. The molecule has 4 N–H and O–H groups in total. The number of aliphatic carboxylic acids is 1. The van der Waals surface area contributed by atoms with Gasteiger partial charge in [-0.2, -0.15) is 4.98 Å². The Balaban J connectivity index is 2.17. The Morgan fingerprint density at radius 2 is 2.35 bits per heavy atom.